The number of amides is 1. The number of hydrogen-bond donors (Lipinski definition) is 1. The fraction of sp³-hybridized carbons (Fsp3) is 0.389. The predicted octanol–water partition coefficient (Wildman–Crippen LogP) is 4.26. The molecule has 1 aliphatic rings. The Bertz CT molecular complexity index is 584. The van der Waals surface area contributed by atoms with Crippen molar-refractivity contribution in [3.05, 3.63) is 57.8 Å². The minimum atomic E-state index is 0.165. The highest BCUT2D eigenvalue weighted by molar-refractivity contribution is 7.07. The van der Waals surface area contributed by atoms with Gasteiger partial charge in [-0.25, -0.2) is 0 Å². The van der Waals surface area contributed by atoms with Gasteiger partial charge in [-0.1, -0.05) is 29.8 Å². The van der Waals surface area contributed by atoms with E-state index >= 15 is 0 Å². The van der Waals surface area contributed by atoms with Gasteiger partial charge in [0.25, 0.3) is 0 Å². The van der Waals surface area contributed by atoms with Gasteiger partial charge in [0.15, 0.2) is 0 Å². The number of aryl methyl sites for hydroxylation is 2. The molecule has 3 heteroatoms. The van der Waals surface area contributed by atoms with Crippen LogP contribution in [0.25, 0.3) is 0 Å². The van der Waals surface area contributed by atoms with Crippen molar-refractivity contribution in [2.75, 3.05) is 0 Å². The molecule has 0 aliphatic heterocycles. The number of carbonyl (C=O) groups is 1. The first-order chi connectivity index (χ1) is 10.2. The molecule has 1 aromatic heterocycles. The minimum absolute atomic E-state index is 0.165. The number of benzene rings is 1. The lowest BCUT2D eigenvalue weighted by Gasteiger charge is -2.19. The van der Waals surface area contributed by atoms with Crippen molar-refractivity contribution in [3.63, 3.8) is 0 Å². The molecular formula is C18H21NOS. The van der Waals surface area contributed by atoms with Gasteiger partial charge in [0.05, 0.1) is 6.04 Å². The van der Waals surface area contributed by atoms with E-state index in [4.69, 9.17) is 0 Å². The average molecular weight is 299 g/mol. The number of rotatable bonds is 6. The van der Waals surface area contributed by atoms with E-state index in [1.54, 1.807) is 11.3 Å². The largest absolute Gasteiger partial charge is 0.349 e. The highest BCUT2D eigenvalue weighted by atomic mass is 32.1. The lowest BCUT2D eigenvalue weighted by molar-refractivity contribution is -0.122. The molecule has 0 saturated heterocycles. The maximum Gasteiger partial charge on any atom is 0.220 e. The van der Waals surface area contributed by atoms with E-state index in [1.165, 1.54) is 29.5 Å². The molecule has 1 amide bonds. The smallest absolute Gasteiger partial charge is 0.220 e. The Morgan fingerprint density at radius 2 is 2.05 bits per heavy atom. The summed E-state index contributed by atoms with van der Waals surface area (Å²) < 4.78 is 0. The minimum Gasteiger partial charge on any atom is -0.349 e. The first-order valence-corrected chi connectivity index (χ1v) is 8.53. The molecule has 1 fully saturated rings. The van der Waals surface area contributed by atoms with E-state index in [0.717, 1.165) is 6.42 Å². The summed E-state index contributed by atoms with van der Waals surface area (Å²) in [5, 5.41) is 7.42. The second-order valence-electron chi connectivity index (χ2n) is 5.92. The molecule has 1 heterocycles. The van der Waals surface area contributed by atoms with E-state index < -0.39 is 0 Å². The van der Waals surface area contributed by atoms with E-state index in [9.17, 15) is 4.79 Å². The van der Waals surface area contributed by atoms with Crippen LogP contribution in [0.1, 0.15) is 42.0 Å². The van der Waals surface area contributed by atoms with Gasteiger partial charge in [0, 0.05) is 6.42 Å². The lowest BCUT2D eigenvalue weighted by Crippen LogP contribution is -2.30. The zero-order valence-corrected chi connectivity index (χ0v) is 13.2. The van der Waals surface area contributed by atoms with Gasteiger partial charge >= 0.3 is 0 Å². The SMILES string of the molecule is Cc1ccc([C@H](NC(=O)CCc2ccsc2)C2CC2)cc1. The van der Waals surface area contributed by atoms with Gasteiger partial charge in [0.1, 0.15) is 0 Å². The van der Waals surface area contributed by atoms with Crippen molar-refractivity contribution in [2.45, 2.75) is 38.6 Å². The molecule has 1 atom stereocenters. The van der Waals surface area contributed by atoms with Crippen LogP contribution in [0.2, 0.25) is 0 Å². The molecule has 21 heavy (non-hydrogen) atoms. The molecule has 0 bridgehead atoms. The number of carbonyl (C=O) groups excluding carboxylic acids is 1. The second-order valence-corrected chi connectivity index (χ2v) is 6.70. The van der Waals surface area contributed by atoms with E-state index in [2.05, 4.69) is 53.3 Å². The van der Waals surface area contributed by atoms with Crippen molar-refractivity contribution < 1.29 is 4.79 Å². The van der Waals surface area contributed by atoms with Gasteiger partial charge in [-0.15, -0.1) is 0 Å². The van der Waals surface area contributed by atoms with Crippen LogP contribution < -0.4 is 5.32 Å². The maximum absolute atomic E-state index is 12.2. The van der Waals surface area contributed by atoms with Gasteiger partial charge in [-0.05, 0) is 60.1 Å². The molecule has 1 aliphatic carbocycles. The Kier molecular flexibility index (Phi) is 4.39. The fourth-order valence-electron chi connectivity index (χ4n) is 2.62. The van der Waals surface area contributed by atoms with Crippen LogP contribution in [-0.4, -0.2) is 5.91 Å². The highest BCUT2D eigenvalue weighted by Crippen LogP contribution is 2.41. The second kappa shape index (κ2) is 6.44. The molecule has 2 nitrogen and oxygen atoms in total. The zero-order valence-electron chi connectivity index (χ0n) is 12.3. The maximum atomic E-state index is 12.2. The first kappa shape index (κ1) is 14.3. The first-order valence-electron chi connectivity index (χ1n) is 7.59. The Morgan fingerprint density at radius 1 is 1.29 bits per heavy atom. The molecule has 1 saturated carbocycles. The van der Waals surface area contributed by atoms with E-state index in [0.29, 0.717) is 12.3 Å². The predicted molar refractivity (Wildman–Crippen MR) is 87.4 cm³/mol. The molecule has 3 rings (SSSR count). The summed E-state index contributed by atoms with van der Waals surface area (Å²) in [5.74, 6) is 0.788. The molecule has 0 spiro atoms. The summed E-state index contributed by atoms with van der Waals surface area (Å²) in [6.07, 6.45) is 3.86. The third-order valence-corrected chi connectivity index (χ3v) is 4.80. The third-order valence-electron chi connectivity index (χ3n) is 4.07. The Morgan fingerprint density at radius 3 is 2.67 bits per heavy atom. The molecule has 1 aromatic carbocycles. The molecule has 0 radical (unpaired) electrons. The Labute approximate surface area is 130 Å². The molecule has 0 unspecified atom stereocenters. The van der Waals surface area contributed by atoms with Gasteiger partial charge in [0.2, 0.25) is 5.91 Å². The Hall–Kier alpha value is -1.61. The van der Waals surface area contributed by atoms with Crippen molar-refractivity contribution in [3.8, 4) is 0 Å². The lowest BCUT2D eigenvalue weighted by atomic mass is 10.0. The number of nitrogens with one attached hydrogen (secondary N) is 1. The standard InChI is InChI=1S/C18H21NOS/c1-13-2-5-15(6-3-13)18(16-7-8-16)19-17(20)9-4-14-10-11-21-12-14/h2-3,5-6,10-12,16,18H,4,7-9H2,1H3,(H,19,20)/t18-/m0/s1. The van der Waals surface area contributed by atoms with Crippen LogP contribution in [0.5, 0.6) is 0 Å². The van der Waals surface area contributed by atoms with Crippen molar-refractivity contribution in [1.29, 1.82) is 0 Å². The number of thiophene rings is 1. The quantitative estimate of drug-likeness (QED) is 0.848. The van der Waals surface area contributed by atoms with Crippen molar-refractivity contribution in [1.82, 2.24) is 5.32 Å². The molecule has 110 valence electrons. The van der Waals surface area contributed by atoms with Crippen molar-refractivity contribution >= 4 is 17.2 Å². The summed E-state index contributed by atoms with van der Waals surface area (Å²) in [4.78, 5) is 12.2. The van der Waals surface area contributed by atoms with Crippen LogP contribution in [0.4, 0.5) is 0 Å². The third kappa shape index (κ3) is 3.94. The monoisotopic (exact) mass is 299 g/mol. The van der Waals surface area contributed by atoms with Crippen molar-refractivity contribution in [2.24, 2.45) is 5.92 Å². The van der Waals surface area contributed by atoms with Crippen LogP contribution in [0.3, 0.4) is 0 Å². The number of hydrogen-bond acceptors (Lipinski definition) is 2. The molecule has 1 N–H and O–H groups in total. The summed E-state index contributed by atoms with van der Waals surface area (Å²) in [6, 6.07) is 10.8. The van der Waals surface area contributed by atoms with Gasteiger partial charge in [-0.3, -0.25) is 4.79 Å². The van der Waals surface area contributed by atoms with Crippen LogP contribution in [0.15, 0.2) is 41.1 Å². The Balaban J connectivity index is 1.59. The fourth-order valence-corrected chi connectivity index (χ4v) is 3.32. The van der Waals surface area contributed by atoms with Crippen LogP contribution in [-0.2, 0) is 11.2 Å². The van der Waals surface area contributed by atoms with Crippen LogP contribution >= 0.6 is 11.3 Å². The van der Waals surface area contributed by atoms with E-state index in [1.807, 2.05) is 0 Å². The van der Waals surface area contributed by atoms with E-state index in [-0.39, 0.29) is 11.9 Å². The van der Waals surface area contributed by atoms with Crippen LogP contribution in [0, 0.1) is 12.8 Å². The van der Waals surface area contributed by atoms with Gasteiger partial charge in [-0.2, -0.15) is 11.3 Å². The average Bonchev–Trinajstić information content (AvgIpc) is 3.19. The highest BCUT2D eigenvalue weighted by Gasteiger charge is 2.33. The molecule has 2 aromatic rings. The normalized spacial score (nSPS) is 15.7. The molecular weight excluding hydrogens is 278 g/mol. The van der Waals surface area contributed by atoms with Gasteiger partial charge < -0.3 is 5.32 Å². The topological polar surface area (TPSA) is 29.1 Å². The summed E-state index contributed by atoms with van der Waals surface area (Å²) in [7, 11) is 0. The summed E-state index contributed by atoms with van der Waals surface area (Å²) in [5.41, 5.74) is 3.76. The summed E-state index contributed by atoms with van der Waals surface area (Å²) in [6.45, 7) is 2.09. The summed E-state index contributed by atoms with van der Waals surface area (Å²) >= 11 is 1.69. The zero-order chi connectivity index (χ0) is 14.7.